The molecule has 116 valence electrons. The third-order valence-electron chi connectivity index (χ3n) is 2.62. The highest BCUT2D eigenvalue weighted by Crippen LogP contribution is 2.37. The highest BCUT2D eigenvalue weighted by Gasteiger charge is 2.13. The molecule has 0 bridgehead atoms. The average molecular weight is 365 g/mol. The second kappa shape index (κ2) is 8.90. The predicted molar refractivity (Wildman–Crippen MR) is 88.7 cm³/mol. The van der Waals surface area contributed by atoms with Gasteiger partial charge >= 0.3 is 0 Å². The summed E-state index contributed by atoms with van der Waals surface area (Å²) in [6.07, 6.45) is 3.04. The van der Waals surface area contributed by atoms with Gasteiger partial charge in [-0.15, -0.1) is 6.58 Å². The molecule has 0 aromatic heterocycles. The van der Waals surface area contributed by atoms with Crippen LogP contribution in [0.25, 0.3) is 6.08 Å². The van der Waals surface area contributed by atoms with Crippen molar-refractivity contribution in [2.24, 2.45) is 0 Å². The van der Waals surface area contributed by atoms with Crippen molar-refractivity contribution in [3.8, 4) is 17.6 Å². The van der Waals surface area contributed by atoms with Crippen LogP contribution in [0.1, 0.15) is 12.5 Å². The van der Waals surface area contributed by atoms with Crippen LogP contribution in [-0.2, 0) is 4.79 Å². The molecular formula is C16H17BrN2O3. The molecule has 0 fully saturated rings. The molecule has 0 radical (unpaired) electrons. The summed E-state index contributed by atoms with van der Waals surface area (Å²) in [6.45, 7) is 6.14. The molecule has 0 unspecified atom stereocenters. The van der Waals surface area contributed by atoms with Crippen molar-refractivity contribution >= 4 is 27.9 Å². The molecule has 0 atom stereocenters. The minimum atomic E-state index is -0.452. The van der Waals surface area contributed by atoms with Gasteiger partial charge in [-0.2, -0.15) is 5.26 Å². The Morgan fingerprint density at radius 2 is 2.27 bits per heavy atom. The summed E-state index contributed by atoms with van der Waals surface area (Å²) in [6, 6.07) is 5.35. The fourth-order valence-corrected chi connectivity index (χ4v) is 2.33. The van der Waals surface area contributed by atoms with Gasteiger partial charge in [0.1, 0.15) is 11.6 Å². The molecule has 0 aliphatic rings. The van der Waals surface area contributed by atoms with Gasteiger partial charge in [0, 0.05) is 6.54 Å². The minimum absolute atomic E-state index is 0.00126. The number of methoxy groups -OCH3 is 1. The molecule has 1 rings (SSSR count). The number of nitriles is 1. The van der Waals surface area contributed by atoms with E-state index in [1.807, 2.05) is 13.0 Å². The third kappa shape index (κ3) is 4.64. The first kappa shape index (κ1) is 17.8. The van der Waals surface area contributed by atoms with Crippen LogP contribution < -0.4 is 14.8 Å². The van der Waals surface area contributed by atoms with Crippen molar-refractivity contribution in [1.29, 1.82) is 5.26 Å². The van der Waals surface area contributed by atoms with E-state index in [-0.39, 0.29) is 5.57 Å². The molecule has 0 aliphatic heterocycles. The maximum Gasteiger partial charge on any atom is 0.262 e. The number of rotatable bonds is 7. The molecular weight excluding hydrogens is 348 g/mol. The monoisotopic (exact) mass is 364 g/mol. The molecule has 0 spiro atoms. The zero-order chi connectivity index (χ0) is 16.5. The maximum atomic E-state index is 11.8. The molecule has 22 heavy (non-hydrogen) atoms. The van der Waals surface area contributed by atoms with Crippen molar-refractivity contribution in [2.75, 3.05) is 20.3 Å². The topological polar surface area (TPSA) is 71.4 Å². The van der Waals surface area contributed by atoms with Crippen molar-refractivity contribution < 1.29 is 14.3 Å². The van der Waals surface area contributed by atoms with E-state index in [9.17, 15) is 4.79 Å². The molecule has 0 aliphatic carbocycles. The second-order valence-corrected chi connectivity index (χ2v) is 4.99. The smallest absolute Gasteiger partial charge is 0.262 e. The van der Waals surface area contributed by atoms with Crippen LogP contribution in [0.5, 0.6) is 11.5 Å². The summed E-state index contributed by atoms with van der Waals surface area (Å²) in [7, 11) is 1.54. The zero-order valence-corrected chi connectivity index (χ0v) is 14.1. The Labute approximate surface area is 138 Å². The lowest BCUT2D eigenvalue weighted by molar-refractivity contribution is -0.116. The highest BCUT2D eigenvalue weighted by atomic mass is 79.9. The van der Waals surface area contributed by atoms with Gasteiger partial charge in [-0.25, -0.2) is 0 Å². The van der Waals surface area contributed by atoms with Gasteiger partial charge < -0.3 is 14.8 Å². The van der Waals surface area contributed by atoms with Crippen LogP contribution in [0, 0.1) is 11.3 Å². The van der Waals surface area contributed by atoms with Gasteiger partial charge in [0.2, 0.25) is 0 Å². The number of halogens is 1. The largest absolute Gasteiger partial charge is 0.492 e. The fourth-order valence-electron chi connectivity index (χ4n) is 1.71. The van der Waals surface area contributed by atoms with Crippen molar-refractivity contribution in [1.82, 2.24) is 5.32 Å². The Kier molecular flexibility index (Phi) is 7.20. The molecule has 1 amide bonds. The number of nitrogens with one attached hydrogen (secondary N) is 1. The van der Waals surface area contributed by atoms with Crippen LogP contribution in [0.4, 0.5) is 0 Å². The van der Waals surface area contributed by atoms with Gasteiger partial charge in [-0.3, -0.25) is 4.79 Å². The average Bonchev–Trinajstić information content (AvgIpc) is 2.50. The van der Waals surface area contributed by atoms with E-state index >= 15 is 0 Å². The van der Waals surface area contributed by atoms with Gasteiger partial charge in [0.05, 0.1) is 18.2 Å². The quantitative estimate of drug-likeness (QED) is 0.458. The molecule has 1 N–H and O–H groups in total. The number of carbonyl (C=O) groups is 1. The SMILES string of the molecule is C=CCNC(=O)/C(C#N)=C/c1cc(Br)c(OC)c(OCC)c1. The number of hydrogen-bond donors (Lipinski definition) is 1. The van der Waals surface area contributed by atoms with Crippen molar-refractivity contribution in [3.63, 3.8) is 0 Å². The third-order valence-corrected chi connectivity index (χ3v) is 3.21. The Morgan fingerprint density at radius 3 is 2.82 bits per heavy atom. The molecule has 0 saturated carbocycles. The Morgan fingerprint density at radius 1 is 1.55 bits per heavy atom. The molecule has 0 heterocycles. The summed E-state index contributed by atoms with van der Waals surface area (Å²) in [5.41, 5.74) is 0.655. The summed E-state index contributed by atoms with van der Waals surface area (Å²) in [4.78, 5) is 11.8. The van der Waals surface area contributed by atoms with E-state index in [1.54, 1.807) is 25.3 Å². The van der Waals surface area contributed by atoms with Crippen LogP contribution in [0.15, 0.2) is 34.8 Å². The van der Waals surface area contributed by atoms with Crippen LogP contribution in [-0.4, -0.2) is 26.2 Å². The predicted octanol–water partition coefficient (Wildman–Crippen LogP) is 3.07. The number of carbonyl (C=O) groups excluding carboxylic acids is 1. The van der Waals surface area contributed by atoms with E-state index in [0.717, 1.165) is 0 Å². The van der Waals surface area contributed by atoms with Crippen LogP contribution >= 0.6 is 15.9 Å². The highest BCUT2D eigenvalue weighted by molar-refractivity contribution is 9.10. The molecule has 1 aromatic carbocycles. The number of ether oxygens (including phenoxy) is 2. The first-order valence-corrected chi connectivity index (χ1v) is 7.37. The van der Waals surface area contributed by atoms with Crippen LogP contribution in [0.2, 0.25) is 0 Å². The Hall–Kier alpha value is -2.26. The summed E-state index contributed by atoms with van der Waals surface area (Å²) in [5, 5.41) is 11.7. The van der Waals surface area contributed by atoms with Crippen molar-refractivity contribution in [3.05, 3.63) is 40.4 Å². The van der Waals surface area contributed by atoms with E-state index in [0.29, 0.717) is 34.7 Å². The molecule has 6 heteroatoms. The van der Waals surface area contributed by atoms with E-state index in [2.05, 4.69) is 27.8 Å². The normalized spacial score (nSPS) is 10.5. The van der Waals surface area contributed by atoms with Gasteiger partial charge in [0.25, 0.3) is 5.91 Å². The van der Waals surface area contributed by atoms with Gasteiger partial charge in [-0.1, -0.05) is 6.08 Å². The molecule has 5 nitrogen and oxygen atoms in total. The first-order valence-electron chi connectivity index (χ1n) is 6.58. The number of nitrogens with zero attached hydrogens (tertiary/aromatic N) is 1. The maximum absolute atomic E-state index is 11.8. The number of amides is 1. The molecule has 1 aromatic rings. The van der Waals surface area contributed by atoms with Gasteiger partial charge in [-0.05, 0) is 46.6 Å². The first-order chi connectivity index (χ1) is 10.6. The Bertz CT molecular complexity index is 633. The summed E-state index contributed by atoms with van der Waals surface area (Å²) < 4.78 is 11.5. The zero-order valence-electron chi connectivity index (χ0n) is 12.5. The van der Waals surface area contributed by atoms with Gasteiger partial charge in [0.15, 0.2) is 11.5 Å². The Balaban J connectivity index is 3.19. The lowest BCUT2D eigenvalue weighted by atomic mass is 10.1. The van der Waals surface area contributed by atoms with Crippen molar-refractivity contribution in [2.45, 2.75) is 6.92 Å². The second-order valence-electron chi connectivity index (χ2n) is 4.14. The van der Waals surface area contributed by atoms with Crippen LogP contribution in [0.3, 0.4) is 0 Å². The minimum Gasteiger partial charge on any atom is -0.492 e. The van der Waals surface area contributed by atoms with E-state index in [1.165, 1.54) is 6.08 Å². The summed E-state index contributed by atoms with van der Waals surface area (Å²) >= 11 is 3.39. The fraction of sp³-hybridized carbons (Fsp3) is 0.250. The number of hydrogen-bond acceptors (Lipinski definition) is 4. The number of benzene rings is 1. The summed E-state index contributed by atoms with van der Waals surface area (Å²) in [5.74, 6) is 0.648. The standard InChI is InChI=1S/C16H17BrN2O3/c1-4-6-19-16(20)12(10-18)7-11-8-13(17)15(21-3)14(9-11)22-5-2/h4,7-9H,1,5-6H2,2-3H3,(H,19,20)/b12-7+. The van der Waals surface area contributed by atoms with E-state index < -0.39 is 5.91 Å². The van der Waals surface area contributed by atoms with E-state index in [4.69, 9.17) is 14.7 Å². The lowest BCUT2D eigenvalue weighted by Gasteiger charge is -2.12. The lowest BCUT2D eigenvalue weighted by Crippen LogP contribution is -2.24. The molecule has 0 saturated heterocycles.